The van der Waals surface area contributed by atoms with Crippen molar-refractivity contribution in [1.29, 1.82) is 0 Å². The third kappa shape index (κ3) is 8.13. The molecule has 0 saturated heterocycles. The number of rotatable bonds is 12. The van der Waals surface area contributed by atoms with Gasteiger partial charge >= 0.3 is 0 Å². The predicted octanol–water partition coefficient (Wildman–Crippen LogP) is 4.44. The fourth-order valence-corrected chi connectivity index (χ4v) is 2.71. The summed E-state index contributed by atoms with van der Waals surface area (Å²) in [7, 11) is 0. The van der Waals surface area contributed by atoms with E-state index in [9.17, 15) is 13.2 Å². The van der Waals surface area contributed by atoms with Crippen LogP contribution in [0.4, 0.5) is 13.2 Å². The summed E-state index contributed by atoms with van der Waals surface area (Å²) >= 11 is 0. The van der Waals surface area contributed by atoms with Crippen molar-refractivity contribution in [2.45, 2.75) is 77.3 Å². The van der Waals surface area contributed by atoms with E-state index in [-0.39, 0.29) is 12.0 Å². The maximum absolute atomic E-state index is 13.3. The van der Waals surface area contributed by atoms with Crippen LogP contribution in [-0.2, 0) is 11.2 Å². The molecule has 0 radical (unpaired) electrons. The monoisotopic (exact) mass is 348 g/mol. The summed E-state index contributed by atoms with van der Waals surface area (Å²) in [6, 6.07) is 1.81. The molecule has 1 aromatic carbocycles. The Kier molecular flexibility index (Phi) is 9.98. The zero-order chi connectivity index (χ0) is 17.9. The summed E-state index contributed by atoms with van der Waals surface area (Å²) in [5.41, 5.74) is 0.222. The van der Waals surface area contributed by atoms with Crippen LogP contribution in [0.15, 0.2) is 12.1 Å². The number of hydrogen-bond acceptors (Lipinski definition) is 3. The summed E-state index contributed by atoms with van der Waals surface area (Å²) in [4.78, 5) is 0. The molecule has 0 amide bonds. The van der Waals surface area contributed by atoms with Gasteiger partial charge in [0.1, 0.15) is 0 Å². The molecule has 1 aromatic rings. The zero-order valence-electron chi connectivity index (χ0n) is 14.1. The van der Waals surface area contributed by atoms with E-state index in [1.54, 1.807) is 0 Å². The van der Waals surface area contributed by atoms with Gasteiger partial charge in [-0.15, -0.1) is 0 Å². The minimum atomic E-state index is -1.95. The molecule has 0 fully saturated rings. The number of halogens is 3. The largest absolute Gasteiger partial charge is 0.346 e. The molecule has 0 aliphatic rings. The molecule has 1 atom stereocenters. The second-order valence-corrected chi connectivity index (χ2v) is 6.07. The smallest absolute Gasteiger partial charge is 0.266 e. The van der Waals surface area contributed by atoms with Gasteiger partial charge in [0.05, 0.1) is 6.10 Å². The van der Waals surface area contributed by atoms with Crippen molar-refractivity contribution in [3.05, 3.63) is 35.1 Å². The van der Waals surface area contributed by atoms with Gasteiger partial charge < -0.3 is 14.9 Å². The van der Waals surface area contributed by atoms with Crippen LogP contribution in [0.1, 0.15) is 63.9 Å². The Bertz CT molecular complexity index is 458. The first-order chi connectivity index (χ1) is 11.4. The molecule has 0 saturated carbocycles. The molecule has 2 N–H and O–H groups in total. The van der Waals surface area contributed by atoms with Crippen molar-refractivity contribution < 1.29 is 28.1 Å². The molecule has 0 spiro atoms. The topological polar surface area (TPSA) is 49.7 Å². The highest BCUT2D eigenvalue weighted by Crippen LogP contribution is 2.19. The number of ether oxygens (including phenoxy) is 1. The number of aliphatic hydroxyl groups is 2. The molecule has 24 heavy (non-hydrogen) atoms. The molecule has 0 heterocycles. The second kappa shape index (κ2) is 11.4. The minimum absolute atomic E-state index is 0.0849. The van der Waals surface area contributed by atoms with E-state index in [0.717, 1.165) is 37.8 Å². The first-order valence-electron chi connectivity index (χ1n) is 8.59. The van der Waals surface area contributed by atoms with Crippen molar-refractivity contribution >= 4 is 0 Å². The predicted molar refractivity (Wildman–Crippen MR) is 85.7 cm³/mol. The molecular weight excluding hydrogens is 321 g/mol. The van der Waals surface area contributed by atoms with E-state index in [4.69, 9.17) is 14.9 Å². The Labute approximate surface area is 141 Å². The van der Waals surface area contributed by atoms with E-state index in [2.05, 4.69) is 6.92 Å². The number of benzene rings is 1. The molecule has 1 unspecified atom stereocenters. The lowest BCUT2D eigenvalue weighted by atomic mass is 10.0. The van der Waals surface area contributed by atoms with Crippen molar-refractivity contribution in [1.82, 2.24) is 0 Å². The standard InChI is InChI=1S/C18H27F3O3/c1-2-3-4-5-6-7-8-9-14(24-18(22)23)10-13-11-15(19)17(21)16(20)12-13/h11-12,14,18,22-23H,2-10H2,1H3. The van der Waals surface area contributed by atoms with Gasteiger partial charge in [-0.25, -0.2) is 13.2 Å². The van der Waals surface area contributed by atoms with Gasteiger partial charge in [0.15, 0.2) is 17.5 Å². The molecule has 0 aromatic heterocycles. The third-order valence-electron chi connectivity index (χ3n) is 3.95. The van der Waals surface area contributed by atoms with Gasteiger partial charge in [-0.2, -0.15) is 0 Å². The van der Waals surface area contributed by atoms with Gasteiger partial charge in [0, 0.05) is 0 Å². The van der Waals surface area contributed by atoms with E-state index in [1.165, 1.54) is 19.3 Å². The Morgan fingerprint density at radius 3 is 2.00 bits per heavy atom. The van der Waals surface area contributed by atoms with E-state index >= 15 is 0 Å². The van der Waals surface area contributed by atoms with Crippen LogP contribution in [0.5, 0.6) is 0 Å². The van der Waals surface area contributed by atoms with Crippen LogP contribution in [0.2, 0.25) is 0 Å². The van der Waals surface area contributed by atoms with Crippen LogP contribution in [0, 0.1) is 17.5 Å². The fourth-order valence-electron chi connectivity index (χ4n) is 2.71. The summed E-state index contributed by atoms with van der Waals surface area (Å²) in [6.07, 6.45) is 7.70. The summed E-state index contributed by atoms with van der Waals surface area (Å²) < 4.78 is 44.5. The number of hydrogen-bond donors (Lipinski definition) is 2. The lowest BCUT2D eigenvalue weighted by molar-refractivity contribution is -0.256. The lowest BCUT2D eigenvalue weighted by Gasteiger charge is -2.19. The molecule has 1 rings (SSSR count). The average molecular weight is 348 g/mol. The molecule has 6 heteroatoms. The van der Waals surface area contributed by atoms with Crippen molar-refractivity contribution in [3.8, 4) is 0 Å². The molecule has 3 nitrogen and oxygen atoms in total. The van der Waals surface area contributed by atoms with Gasteiger partial charge in [-0.3, -0.25) is 0 Å². The molecule has 138 valence electrons. The summed E-state index contributed by atoms with van der Waals surface area (Å²) in [5, 5.41) is 18.0. The molecule has 0 bridgehead atoms. The van der Waals surface area contributed by atoms with Crippen molar-refractivity contribution in [2.24, 2.45) is 0 Å². The molecule has 0 aliphatic heterocycles. The second-order valence-electron chi connectivity index (χ2n) is 6.07. The zero-order valence-corrected chi connectivity index (χ0v) is 14.1. The maximum Gasteiger partial charge on any atom is 0.266 e. The minimum Gasteiger partial charge on any atom is -0.346 e. The summed E-state index contributed by atoms with van der Waals surface area (Å²) in [5.74, 6) is -4.03. The average Bonchev–Trinajstić information content (AvgIpc) is 2.51. The Morgan fingerprint density at radius 1 is 0.917 bits per heavy atom. The molecule has 0 aliphatic carbocycles. The van der Waals surface area contributed by atoms with Gasteiger partial charge in [-0.05, 0) is 30.5 Å². The first-order valence-corrected chi connectivity index (χ1v) is 8.59. The number of aliphatic hydroxyl groups excluding tert-OH is 1. The fraction of sp³-hybridized carbons (Fsp3) is 0.667. The Balaban J connectivity index is 2.47. The Hall–Kier alpha value is -1.11. The van der Waals surface area contributed by atoms with E-state index < -0.39 is 30.0 Å². The quantitative estimate of drug-likeness (QED) is 0.333. The van der Waals surface area contributed by atoms with E-state index in [1.807, 2.05) is 0 Å². The van der Waals surface area contributed by atoms with Crippen molar-refractivity contribution in [2.75, 3.05) is 0 Å². The van der Waals surface area contributed by atoms with Crippen LogP contribution in [-0.4, -0.2) is 22.8 Å². The normalized spacial score (nSPS) is 12.8. The number of unbranched alkanes of at least 4 members (excludes halogenated alkanes) is 6. The van der Waals surface area contributed by atoms with Crippen LogP contribution < -0.4 is 0 Å². The Morgan fingerprint density at radius 2 is 1.46 bits per heavy atom. The van der Waals surface area contributed by atoms with Gasteiger partial charge in [0.2, 0.25) is 0 Å². The third-order valence-corrected chi connectivity index (χ3v) is 3.95. The highest BCUT2D eigenvalue weighted by atomic mass is 19.2. The SMILES string of the molecule is CCCCCCCCCC(Cc1cc(F)c(F)c(F)c1)OC(O)O. The maximum atomic E-state index is 13.3. The van der Waals surface area contributed by atoms with Crippen LogP contribution >= 0.6 is 0 Å². The van der Waals surface area contributed by atoms with Crippen LogP contribution in [0.25, 0.3) is 0 Å². The highest BCUT2D eigenvalue weighted by Gasteiger charge is 2.17. The van der Waals surface area contributed by atoms with Gasteiger partial charge in [0.25, 0.3) is 6.48 Å². The summed E-state index contributed by atoms with van der Waals surface area (Å²) in [6.45, 7) is 0.207. The van der Waals surface area contributed by atoms with E-state index in [0.29, 0.717) is 6.42 Å². The van der Waals surface area contributed by atoms with Crippen LogP contribution in [0.3, 0.4) is 0 Å². The first kappa shape index (κ1) is 20.9. The molecular formula is C18H27F3O3. The van der Waals surface area contributed by atoms with Gasteiger partial charge in [-0.1, -0.05) is 51.9 Å². The highest BCUT2D eigenvalue weighted by molar-refractivity contribution is 5.20. The van der Waals surface area contributed by atoms with Crippen molar-refractivity contribution in [3.63, 3.8) is 0 Å². The lowest BCUT2D eigenvalue weighted by Crippen LogP contribution is -2.24.